The van der Waals surface area contributed by atoms with Gasteiger partial charge in [0, 0.05) is 9.35 Å². The van der Waals surface area contributed by atoms with Crippen LogP contribution in [0, 0.1) is 5.82 Å². The SMILES string of the molecule is O=C(NNC(=O)c1cc(F)ccc1Br)c1cc2c(s1)CCCCC2. The molecule has 1 aliphatic rings. The number of aryl methyl sites for hydroxylation is 2. The van der Waals surface area contributed by atoms with E-state index >= 15 is 0 Å². The minimum atomic E-state index is -0.576. The molecule has 0 saturated heterocycles. The van der Waals surface area contributed by atoms with Crippen LogP contribution in [0.1, 0.15) is 49.7 Å². The van der Waals surface area contributed by atoms with E-state index in [-0.39, 0.29) is 11.5 Å². The number of carbonyl (C=O) groups excluding carboxylic acids is 2. The van der Waals surface area contributed by atoms with E-state index < -0.39 is 11.7 Å². The summed E-state index contributed by atoms with van der Waals surface area (Å²) in [6, 6.07) is 5.71. The highest BCUT2D eigenvalue weighted by atomic mass is 79.9. The fourth-order valence-corrected chi connectivity index (χ4v) is 4.27. The highest BCUT2D eigenvalue weighted by Gasteiger charge is 2.18. The van der Waals surface area contributed by atoms with Gasteiger partial charge in [-0.15, -0.1) is 11.3 Å². The zero-order chi connectivity index (χ0) is 17.1. The van der Waals surface area contributed by atoms with Gasteiger partial charge in [-0.1, -0.05) is 6.42 Å². The number of amides is 2. The third-order valence-corrected chi connectivity index (χ3v) is 5.86. The Morgan fingerprint density at radius 2 is 1.79 bits per heavy atom. The second-order valence-corrected chi connectivity index (χ2v) is 7.64. The number of hydrogen-bond acceptors (Lipinski definition) is 3. The van der Waals surface area contributed by atoms with Crippen molar-refractivity contribution in [2.75, 3.05) is 0 Å². The van der Waals surface area contributed by atoms with Crippen LogP contribution in [0.2, 0.25) is 0 Å². The maximum atomic E-state index is 13.2. The van der Waals surface area contributed by atoms with Crippen LogP contribution in [-0.4, -0.2) is 11.8 Å². The molecule has 2 N–H and O–H groups in total. The Bertz CT molecular complexity index is 767. The van der Waals surface area contributed by atoms with Gasteiger partial charge in [0.15, 0.2) is 0 Å². The number of halogens is 2. The molecule has 0 radical (unpaired) electrons. The Kier molecular flexibility index (Phi) is 5.30. The molecular weight excluding hydrogens is 395 g/mol. The Balaban J connectivity index is 1.65. The summed E-state index contributed by atoms with van der Waals surface area (Å²) in [5.74, 6) is -1.45. The van der Waals surface area contributed by atoms with Crippen molar-refractivity contribution in [3.8, 4) is 0 Å². The summed E-state index contributed by atoms with van der Waals surface area (Å²) >= 11 is 4.67. The lowest BCUT2D eigenvalue weighted by Gasteiger charge is -2.08. The standard InChI is InChI=1S/C17H16BrFN2O2S/c18-13-7-6-11(19)9-12(13)16(22)20-21-17(23)15-8-10-4-2-1-3-5-14(10)24-15/h6-9H,1-5H2,(H,20,22)(H,21,23). The second-order valence-electron chi connectivity index (χ2n) is 5.65. The van der Waals surface area contributed by atoms with Crippen LogP contribution in [0.25, 0.3) is 0 Å². The Labute approximate surface area is 151 Å². The van der Waals surface area contributed by atoms with E-state index in [1.54, 1.807) is 0 Å². The lowest BCUT2D eigenvalue weighted by atomic mass is 10.1. The van der Waals surface area contributed by atoms with Gasteiger partial charge in [0.05, 0.1) is 10.4 Å². The molecule has 3 rings (SSSR count). The van der Waals surface area contributed by atoms with Crippen molar-refractivity contribution in [3.05, 3.63) is 55.4 Å². The summed E-state index contributed by atoms with van der Waals surface area (Å²) in [4.78, 5) is 26.2. The molecule has 126 valence electrons. The van der Waals surface area contributed by atoms with Crippen LogP contribution in [0.4, 0.5) is 4.39 Å². The van der Waals surface area contributed by atoms with E-state index in [1.807, 2.05) is 6.07 Å². The number of rotatable bonds is 2. The first-order valence-electron chi connectivity index (χ1n) is 7.72. The molecule has 1 aromatic carbocycles. The van der Waals surface area contributed by atoms with Crippen LogP contribution in [0.15, 0.2) is 28.7 Å². The molecule has 0 atom stereocenters. The lowest BCUT2D eigenvalue weighted by molar-refractivity contribution is 0.0848. The third kappa shape index (κ3) is 3.84. The first-order chi connectivity index (χ1) is 11.5. The van der Waals surface area contributed by atoms with Gasteiger partial charge in [0.1, 0.15) is 5.82 Å². The van der Waals surface area contributed by atoms with Gasteiger partial charge in [0.25, 0.3) is 11.8 Å². The summed E-state index contributed by atoms with van der Waals surface area (Å²) in [5, 5.41) is 0. The Morgan fingerprint density at radius 1 is 1.04 bits per heavy atom. The van der Waals surface area contributed by atoms with Crippen molar-refractivity contribution in [3.63, 3.8) is 0 Å². The quantitative estimate of drug-likeness (QED) is 0.580. The molecule has 4 nitrogen and oxygen atoms in total. The average molecular weight is 411 g/mol. The third-order valence-electron chi connectivity index (χ3n) is 3.93. The van der Waals surface area contributed by atoms with E-state index in [9.17, 15) is 14.0 Å². The number of carbonyl (C=O) groups is 2. The molecule has 0 spiro atoms. The van der Waals surface area contributed by atoms with E-state index in [2.05, 4.69) is 26.8 Å². The van der Waals surface area contributed by atoms with Crippen molar-refractivity contribution in [1.29, 1.82) is 0 Å². The van der Waals surface area contributed by atoms with Crippen molar-refractivity contribution in [2.45, 2.75) is 32.1 Å². The van der Waals surface area contributed by atoms with Gasteiger partial charge in [-0.25, -0.2) is 4.39 Å². The molecule has 1 aromatic heterocycles. The predicted molar refractivity (Wildman–Crippen MR) is 94.6 cm³/mol. The fraction of sp³-hybridized carbons (Fsp3) is 0.294. The van der Waals surface area contributed by atoms with Crippen molar-refractivity contribution in [2.24, 2.45) is 0 Å². The number of hydrogen-bond donors (Lipinski definition) is 2. The summed E-state index contributed by atoms with van der Waals surface area (Å²) in [6.07, 6.45) is 5.53. The van der Waals surface area contributed by atoms with E-state index in [0.29, 0.717) is 9.35 Å². The van der Waals surface area contributed by atoms with Gasteiger partial charge < -0.3 is 0 Å². The van der Waals surface area contributed by atoms with Crippen LogP contribution in [0.5, 0.6) is 0 Å². The van der Waals surface area contributed by atoms with E-state index in [1.165, 1.54) is 40.3 Å². The number of fused-ring (bicyclic) bond motifs is 1. The highest BCUT2D eigenvalue weighted by molar-refractivity contribution is 9.10. The Hall–Kier alpha value is -1.73. The maximum Gasteiger partial charge on any atom is 0.279 e. The topological polar surface area (TPSA) is 58.2 Å². The Morgan fingerprint density at radius 3 is 2.62 bits per heavy atom. The molecule has 7 heteroatoms. The summed E-state index contributed by atoms with van der Waals surface area (Å²) < 4.78 is 13.7. The van der Waals surface area contributed by atoms with Gasteiger partial charge >= 0.3 is 0 Å². The van der Waals surface area contributed by atoms with E-state index in [0.717, 1.165) is 31.7 Å². The number of benzene rings is 1. The molecule has 1 aliphatic carbocycles. The predicted octanol–water partition coefficient (Wildman–Crippen LogP) is 3.99. The maximum absolute atomic E-state index is 13.2. The van der Waals surface area contributed by atoms with Crippen molar-refractivity contribution < 1.29 is 14.0 Å². The molecule has 0 aliphatic heterocycles. The van der Waals surface area contributed by atoms with Gasteiger partial charge in [-0.05, 0) is 71.4 Å². The summed E-state index contributed by atoms with van der Waals surface area (Å²) in [7, 11) is 0. The molecule has 2 aromatic rings. The minimum absolute atomic E-state index is 0.122. The van der Waals surface area contributed by atoms with Crippen LogP contribution in [-0.2, 0) is 12.8 Å². The first-order valence-corrected chi connectivity index (χ1v) is 9.33. The zero-order valence-corrected chi connectivity index (χ0v) is 15.2. The van der Waals surface area contributed by atoms with Gasteiger partial charge in [0.2, 0.25) is 0 Å². The monoisotopic (exact) mass is 410 g/mol. The largest absolute Gasteiger partial charge is 0.279 e. The van der Waals surface area contributed by atoms with Gasteiger partial charge in [-0.2, -0.15) is 0 Å². The number of hydrazine groups is 1. The molecule has 0 unspecified atom stereocenters. The molecule has 0 bridgehead atoms. The van der Waals surface area contributed by atoms with E-state index in [4.69, 9.17) is 0 Å². The van der Waals surface area contributed by atoms with Gasteiger partial charge in [-0.3, -0.25) is 20.4 Å². The number of nitrogens with one attached hydrogen (secondary N) is 2. The first kappa shape index (κ1) is 17.1. The molecule has 2 amide bonds. The fourth-order valence-electron chi connectivity index (χ4n) is 2.69. The zero-order valence-electron chi connectivity index (χ0n) is 12.8. The molecule has 0 saturated carbocycles. The van der Waals surface area contributed by atoms with Crippen molar-refractivity contribution in [1.82, 2.24) is 10.9 Å². The van der Waals surface area contributed by atoms with Crippen LogP contribution in [0.3, 0.4) is 0 Å². The average Bonchev–Trinajstić information content (AvgIpc) is 2.85. The second kappa shape index (κ2) is 7.44. The summed E-state index contributed by atoms with van der Waals surface area (Å²) in [6.45, 7) is 0. The molecule has 1 heterocycles. The lowest BCUT2D eigenvalue weighted by Crippen LogP contribution is -2.41. The highest BCUT2D eigenvalue weighted by Crippen LogP contribution is 2.28. The van der Waals surface area contributed by atoms with Crippen LogP contribution >= 0.6 is 27.3 Å². The van der Waals surface area contributed by atoms with Crippen LogP contribution < -0.4 is 10.9 Å². The minimum Gasteiger partial charge on any atom is -0.267 e. The van der Waals surface area contributed by atoms with Crippen molar-refractivity contribution >= 4 is 39.1 Å². The number of thiophene rings is 1. The molecular formula is C17H16BrFN2O2S. The normalized spacial score (nSPS) is 13.8. The summed E-state index contributed by atoms with van der Waals surface area (Å²) in [5.41, 5.74) is 6.09. The molecule has 0 fully saturated rings. The molecule has 24 heavy (non-hydrogen) atoms. The smallest absolute Gasteiger partial charge is 0.267 e.